The topological polar surface area (TPSA) is 44.8 Å². The van der Waals surface area contributed by atoms with Crippen molar-refractivity contribution in [3.05, 3.63) is 29.8 Å². The Hall–Kier alpha value is -1.55. The molecule has 0 saturated heterocycles. The lowest BCUT2D eigenvalue weighted by atomic mass is 9.80. The van der Waals surface area contributed by atoms with Crippen LogP contribution in [0.25, 0.3) is 0 Å². The predicted octanol–water partition coefficient (Wildman–Crippen LogP) is 6.87. The molecule has 170 valence electrons. The molecule has 0 radical (unpaired) electrons. The van der Waals surface area contributed by atoms with Gasteiger partial charge in [-0.2, -0.15) is 0 Å². The molecule has 1 aliphatic rings. The fourth-order valence-corrected chi connectivity index (χ4v) is 4.12. The van der Waals surface area contributed by atoms with Gasteiger partial charge in [-0.15, -0.1) is 0 Å². The summed E-state index contributed by atoms with van der Waals surface area (Å²) in [6, 6.07) is 8.25. The van der Waals surface area contributed by atoms with Crippen LogP contribution in [-0.4, -0.2) is 25.5 Å². The summed E-state index contributed by atoms with van der Waals surface area (Å²) in [5.74, 6) is 2.19. The summed E-state index contributed by atoms with van der Waals surface area (Å²) in [4.78, 5) is 12.3. The van der Waals surface area contributed by atoms with Gasteiger partial charge in [0.1, 0.15) is 12.4 Å². The number of benzene rings is 1. The zero-order chi connectivity index (χ0) is 21.8. The fourth-order valence-electron chi connectivity index (χ4n) is 4.12. The standard InChI is InChI=1S/C26H42O4/c1-5-8-9-21-10-12-23(13-11-21)26(27)29-19-18-28-25(7-3)30-24-16-14-22(15-17-24)20(4)6-2/h14-17,20-21,23,25H,5-13,18-19H2,1-4H3. The molecule has 0 heterocycles. The van der Waals surface area contributed by atoms with Crippen LogP contribution in [-0.2, 0) is 14.3 Å². The zero-order valence-electron chi connectivity index (χ0n) is 19.5. The number of hydrogen-bond donors (Lipinski definition) is 0. The summed E-state index contributed by atoms with van der Waals surface area (Å²) < 4.78 is 17.2. The maximum Gasteiger partial charge on any atom is 0.309 e. The van der Waals surface area contributed by atoms with Crippen molar-refractivity contribution >= 4 is 5.97 Å². The Kier molecular flexibility index (Phi) is 11.3. The van der Waals surface area contributed by atoms with Crippen molar-refractivity contribution in [1.29, 1.82) is 0 Å². The molecule has 4 nitrogen and oxygen atoms in total. The largest absolute Gasteiger partial charge is 0.465 e. The first-order valence-corrected chi connectivity index (χ1v) is 12.1. The Bertz CT molecular complexity index is 590. The summed E-state index contributed by atoms with van der Waals surface area (Å²) in [7, 11) is 0. The van der Waals surface area contributed by atoms with Crippen molar-refractivity contribution in [2.24, 2.45) is 11.8 Å². The Balaban J connectivity index is 1.64. The summed E-state index contributed by atoms with van der Waals surface area (Å²) in [5, 5.41) is 0. The predicted molar refractivity (Wildman–Crippen MR) is 122 cm³/mol. The van der Waals surface area contributed by atoms with Gasteiger partial charge in [-0.3, -0.25) is 4.79 Å². The zero-order valence-corrected chi connectivity index (χ0v) is 19.5. The van der Waals surface area contributed by atoms with Gasteiger partial charge in [0.2, 0.25) is 0 Å². The second-order valence-corrected chi connectivity index (χ2v) is 8.73. The van der Waals surface area contributed by atoms with Crippen molar-refractivity contribution < 1.29 is 19.0 Å². The Morgan fingerprint density at radius 2 is 1.70 bits per heavy atom. The molecule has 2 rings (SSSR count). The quantitative estimate of drug-likeness (QED) is 0.199. The molecular formula is C26H42O4. The normalized spacial score (nSPS) is 21.1. The van der Waals surface area contributed by atoms with Crippen molar-refractivity contribution in [3.8, 4) is 5.75 Å². The van der Waals surface area contributed by atoms with Crippen molar-refractivity contribution in [3.63, 3.8) is 0 Å². The minimum Gasteiger partial charge on any atom is -0.465 e. The minimum absolute atomic E-state index is 0.0536. The van der Waals surface area contributed by atoms with Gasteiger partial charge in [0.05, 0.1) is 12.5 Å². The number of esters is 1. The summed E-state index contributed by atoms with van der Waals surface area (Å²) in [5.41, 5.74) is 1.32. The minimum atomic E-state index is -0.327. The van der Waals surface area contributed by atoms with E-state index in [9.17, 15) is 4.79 Å². The van der Waals surface area contributed by atoms with Crippen LogP contribution in [0.4, 0.5) is 0 Å². The monoisotopic (exact) mass is 418 g/mol. The highest BCUT2D eigenvalue weighted by Gasteiger charge is 2.27. The number of unbranched alkanes of at least 4 members (excludes halogenated alkanes) is 1. The van der Waals surface area contributed by atoms with Crippen LogP contribution in [0.15, 0.2) is 24.3 Å². The Labute approximate surface area is 183 Å². The first kappa shape index (κ1) is 24.7. The lowest BCUT2D eigenvalue weighted by Gasteiger charge is -2.27. The SMILES string of the molecule is CCCCC1CCC(C(=O)OCCOC(CC)Oc2ccc(C(C)CC)cc2)CC1. The van der Waals surface area contributed by atoms with Gasteiger partial charge < -0.3 is 14.2 Å². The molecule has 0 amide bonds. The van der Waals surface area contributed by atoms with Crippen LogP contribution in [0.1, 0.15) is 97.0 Å². The molecule has 1 saturated carbocycles. The lowest BCUT2D eigenvalue weighted by Crippen LogP contribution is -2.26. The van der Waals surface area contributed by atoms with Gasteiger partial charge in [-0.25, -0.2) is 0 Å². The van der Waals surface area contributed by atoms with E-state index < -0.39 is 0 Å². The highest BCUT2D eigenvalue weighted by Crippen LogP contribution is 2.32. The molecule has 2 atom stereocenters. The maximum absolute atomic E-state index is 12.3. The third kappa shape index (κ3) is 8.29. The van der Waals surface area contributed by atoms with Crippen LogP contribution in [0, 0.1) is 11.8 Å². The number of ether oxygens (including phenoxy) is 3. The van der Waals surface area contributed by atoms with E-state index in [-0.39, 0.29) is 18.2 Å². The van der Waals surface area contributed by atoms with E-state index in [2.05, 4.69) is 32.9 Å². The lowest BCUT2D eigenvalue weighted by molar-refractivity contribution is -0.155. The third-order valence-corrected chi connectivity index (χ3v) is 6.44. The van der Waals surface area contributed by atoms with Gasteiger partial charge in [-0.1, -0.05) is 59.1 Å². The van der Waals surface area contributed by atoms with E-state index in [4.69, 9.17) is 14.2 Å². The van der Waals surface area contributed by atoms with Crippen LogP contribution >= 0.6 is 0 Å². The van der Waals surface area contributed by atoms with Crippen LogP contribution < -0.4 is 4.74 Å². The second kappa shape index (κ2) is 13.7. The van der Waals surface area contributed by atoms with Gasteiger partial charge in [0.15, 0.2) is 6.29 Å². The molecule has 1 aromatic rings. The van der Waals surface area contributed by atoms with Gasteiger partial charge in [-0.05, 0) is 61.6 Å². The Morgan fingerprint density at radius 3 is 2.30 bits per heavy atom. The molecule has 0 aliphatic heterocycles. The van der Waals surface area contributed by atoms with E-state index in [1.807, 2.05) is 19.1 Å². The summed E-state index contributed by atoms with van der Waals surface area (Å²) in [6.07, 6.45) is 9.69. The second-order valence-electron chi connectivity index (χ2n) is 8.73. The van der Waals surface area contributed by atoms with Crippen LogP contribution in [0.5, 0.6) is 5.75 Å². The van der Waals surface area contributed by atoms with E-state index in [0.29, 0.717) is 19.1 Å². The first-order valence-electron chi connectivity index (χ1n) is 12.1. The van der Waals surface area contributed by atoms with Gasteiger partial charge in [0.25, 0.3) is 0 Å². The molecule has 2 unspecified atom stereocenters. The van der Waals surface area contributed by atoms with Crippen molar-refractivity contribution in [2.75, 3.05) is 13.2 Å². The summed E-state index contributed by atoms with van der Waals surface area (Å²) in [6.45, 7) is 9.35. The molecule has 0 spiro atoms. The van der Waals surface area contributed by atoms with Gasteiger partial charge in [0, 0.05) is 6.42 Å². The van der Waals surface area contributed by atoms with Crippen LogP contribution in [0.3, 0.4) is 0 Å². The molecule has 30 heavy (non-hydrogen) atoms. The van der Waals surface area contributed by atoms with E-state index in [0.717, 1.165) is 50.2 Å². The molecule has 0 bridgehead atoms. The molecular weight excluding hydrogens is 376 g/mol. The molecule has 0 aromatic heterocycles. The average molecular weight is 419 g/mol. The van der Waals surface area contributed by atoms with E-state index in [1.165, 1.54) is 24.8 Å². The van der Waals surface area contributed by atoms with Crippen LogP contribution in [0.2, 0.25) is 0 Å². The first-order chi connectivity index (χ1) is 14.6. The van der Waals surface area contributed by atoms with Crippen molar-refractivity contribution in [1.82, 2.24) is 0 Å². The number of hydrogen-bond acceptors (Lipinski definition) is 4. The highest BCUT2D eigenvalue weighted by atomic mass is 16.7. The molecule has 4 heteroatoms. The highest BCUT2D eigenvalue weighted by molar-refractivity contribution is 5.72. The fraction of sp³-hybridized carbons (Fsp3) is 0.731. The average Bonchev–Trinajstić information content (AvgIpc) is 2.79. The number of carbonyl (C=O) groups is 1. The number of carbonyl (C=O) groups excluding carboxylic acids is 1. The smallest absolute Gasteiger partial charge is 0.309 e. The van der Waals surface area contributed by atoms with E-state index in [1.54, 1.807) is 0 Å². The van der Waals surface area contributed by atoms with Gasteiger partial charge >= 0.3 is 5.97 Å². The molecule has 1 aliphatic carbocycles. The molecule has 1 fully saturated rings. The summed E-state index contributed by atoms with van der Waals surface area (Å²) >= 11 is 0. The molecule has 1 aromatic carbocycles. The van der Waals surface area contributed by atoms with E-state index >= 15 is 0 Å². The van der Waals surface area contributed by atoms with Crippen molar-refractivity contribution in [2.45, 2.75) is 97.7 Å². The maximum atomic E-state index is 12.3. The number of rotatable bonds is 13. The molecule has 0 N–H and O–H groups in total. The Morgan fingerprint density at radius 1 is 1.00 bits per heavy atom. The third-order valence-electron chi connectivity index (χ3n) is 6.44.